The molecule has 0 spiro atoms. The van der Waals surface area contributed by atoms with Crippen LogP contribution in [0.3, 0.4) is 0 Å². The molecule has 0 aromatic heterocycles. The maximum absolute atomic E-state index is 12.5. The van der Waals surface area contributed by atoms with Crippen molar-refractivity contribution < 1.29 is 32.2 Å². The maximum atomic E-state index is 12.5. The molecule has 1 rings (SSSR count). The number of carbonyl (C=O) groups excluding carboxylic acids is 2. The summed E-state index contributed by atoms with van der Waals surface area (Å²) in [4.78, 5) is 23.5. The van der Waals surface area contributed by atoms with Crippen LogP contribution in [0.15, 0.2) is 35.5 Å². The largest absolute Gasteiger partial charge is 0.497 e. The van der Waals surface area contributed by atoms with Gasteiger partial charge in [-0.3, -0.25) is 10.2 Å². The van der Waals surface area contributed by atoms with Gasteiger partial charge in [0, 0.05) is 5.56 Å². The standard InChI is InChI=1S/C14H14F3N3O4/c1-23-8-4-2-7(3-5-8)9(21)6-24-13(22)10(12(19)20)11(18)14(15,16)17/h2-5H,6,18H2,1H3,(H3,19,20). The smallest absolute Gasteiger partial charge is 0.431 e. The number of Topliss-reactive ketones (excluding diaryl/α,β-unsaturated/α-hetero) is 1. The van der Waals surface area contributed by atoms with Crippen LogP contribution in [0.4, 0.5) is 13.2 Å². The zero-order valence-electron chi connectivity index (χ0n) is 12.4. The number of rotatable bonds is 6. The second-order valence-electron chi connectivity index (χ2n) is 4.43. The number of ether oxygens (including phenoxy) is 2. The van der Waals surface area contributed by atoms with Crippen molar-refractivity contribution >= 4 is 17.6 Å². The van der Waals surface area contributed by atoms with Gasteiger partial charge < -0.3 is 20.9 Å². The Balaban J connectivity index is 2.86. The van der Waals surface area contributed by atoms with Gasteiger partial charge in [0.05, 0.1) is 7.11 Å². The van der Waals surface area contributed by atoms with Crippen molar-refractivity contribution in [2.75, 3.05) is 13.7 Å². The van der Waals surface area contributed by atoms with Crippen molar-refractivity contribution in [3.63, 3.8) is 0 Å². The summed E-state index contributed by atoms with van der Waals surface area (Å²) < 4.78 is 47.0. The van der Waals surface area contributed by atoms with E-state index in [1.165, 1.54) is 31.4 Å². The van der Waals surface area contributed by atoms with Crippen LogP contribution in [0.25, 0.3) is 0 Å². The van der Waals surface area contributed by atoms with Crippen LogP contribution in [0.5, 0.6) is 5.75 Å². The number of hydrogen-bond donors (Lipinski definition) is 3. The zero-order chi connectivity index (χ0) is 18.5. The molecule has 5 N–H and O–H groups in total. The Labute approximate surface area is 134 Å². The molecular weight excluding hydrogens is 331 g/mol. The Morgan fingerprint density at radius 1 is 1.17 bits per heavy atom. The molecule has 0 aliphatic heterocycles. The Bertz CT molecular complexity index is 682. The lowest BCUT2D eigenvalue weighted by atomic mass is 10.1. The lowest BCUT2D eigenvalue weighted by Crippen LogP contribution is -2.32. The van der Waals surface area contributed by atoms with Gasteiger partial charge in [0.15, 0.2) is 12.4 Å². The van der Waals surface area contributed by atoms with Gasteiger partial charge in [-0.1, -0.05) is 0 Å². The Hall–Kier alpha value is -3.04. The second kappa shape index (κ2) is 7.49. The molecule has 0 saturated carbocycles. The van der Waals surface area contributed by atoms with Gasteiger partial charge in [-0.25, -0.2) is 4.79 Å². The number of benzene rings is 1. The van der Waals surface area contributed by atoms with E-state index in [4.69, 9.17) is 21.6 Å². The van der Waals surface area contributed by atoms with E-state index < -0.39 is 41.6 Å². The first-order chi connectivity index (χ1) is 11.1. The van der Waals surface area contributed by atoms with Crippen molar-refractivity contribution in [3.8, 4) is 5.75 Å². The van der Waals surface area contributed by atoms with E-state index in [0.29, 0.717) is 5.75 Å². The molecule has 10 heteroatoms. The van der Waals surface area contributed by atoms with E-state index in [2.05, 4.69) is 4.74 Å². The molecule has 24 heavy (non-hydrogen) atoms. The maximum Gasteiger partial charge on any atom is 0.431 e. The number of hydrogen-bond acceptors (Lipinski definition) is 6. The highest BCUT2D eigenvalue weighted by Crippen LogP contribution is 2.24. The van der Waals surface area contributed by atoms with Gasteiger partial charge in [0.2, 0.25) is 0 Å². The summed E-state index contributed by atoms with van der Waals surface area (Å²) in [5.41, 5.74) is 6.66. The number of ketones is 1. The average Bonchev–Trinajstić information content (AvgIpc) is 2.51. The average molecular weight is 345 g/mol. The number of alkyl halides is 3. The van der Waals surface area contributed by atoms with E-state index in [9.17, 15) is 22.8 Å². The summed E-state index contributed by atoms with van der Waals surface area (Å²) in [5.74, 6) is -3.01. The van der Waals surface area contributed by atoms with Crippen molar-refractivity contribution in [1.82, 2.24) is 0 Å². The minimum Gasteiger partial charge on any atom is -0.497 e. The van der Waals surface area contributed by atoms with Gasteiger partial charge >= 0.3 is 12.1 Å². The van der Waals surface area contributed by atoms with Crippen molar-refractivity contribution in [2.45, 2.75) is 6.18 Å². The second-order valence-corrected chi connectivity index (χ2v) is 4.43. The van der Waals surface area contributed by atoms with Crippen LogP contribution >= 0.6 is 0 Å². The van der Waals surface area contributed by atoms with Crippen molar-refractivity contribution in [3.05, 3.63) is 41.1 Å². The molecule has 0 amide bonds. The van der Waals surface area contributed by atoms with Crippen LogP contribution in [0, 0.1) is 5.41 Å². The minimum atomic E-state index is -5.07. The number of nitrogens with two attached hydrogens (primary N) is 2. The summed E-state index contributed by atoms with van der Waals surface area (Å²) in [6, 6.07) is 5.75. The third kappa shape index (κ3) is 4.73. The number of nitrogens with one attached hydrogen (secondary N) is 1. The highest BCUT2D eigenvalue weighted by atomic mass is 19.4. The molecule has 0 fully saturated rings. The van der Waals surface area contributed by atoms with Crippen LogP contribution in [-0.2, 0) is 9.53 Å². The number of esters is 1. The number of halogens is 3. The number of methoxy groups -OCH3 is 1. The highest BCUT2D eigenvalue weighted by Gasteiger charge is 2.38. The Morgan fingerprint density at radius 2 is 1.71 bits per heavy atom. The molecule has 130 valence electrons. The first-order valence-electron chi connectivity index (χ1n) is 6.33. The normalized spacial score (nSPS) is 12.2. The fraction of sp³-hybridized carbons (Fsp3) is 0.214. The zero-order valence-corrected chi connectivity index (χ0v) is 12.4. The number of carbonyl (C=O) groups is 2. The molecule has 0 bridgehead atoms. The van der Waals surface area contributed by atoms with Gasteiger partial charge in [0.1, 0.15) is 22.9 Å². The van der Waals surface area contributed by atoms with Gasteiger partial charge in [-0.15, -0.1) is 0 Å². The van der Waals surface area contributed by atoms with E-state index in [1.54, 1.807) is 0 Å². The van der Waals surface area contributed by atoms with E-state index >= 15 is 0 Å². The lowest BCUT2D eigenvalue weighted by Gasteiger charge is -2.12. The third-order valence-corrected chi connectivity index (χ3v) is 2.79. The third-order valence-electron chi connectivity index (χ3n) is 2.79. The van der Waals surface area contributed by atoms with Gasteiger partial charge in [-0.05, 0) is 24.3 Å². The van der Waals surface area contributed by atoms with Crippen LogP contribution in [0.1, 0.15) is 10.4 Å². The first-order valence-corrected chi connectivity index (χ1v) is 6.33. The van der Waals surface area contributed by atoms with Crippen LogP contribution in [0.2, 0.25) is 0 Å². The molecular formula is C14H14F3N3O4. The van der Waals surface area contributed by atoms with Crippen molar-refractivity contribution in [2.24, 2.45) is 11.5 Å². The molecule has 0 saturated heterocycles. The fourth-order valence-electron chi connectivity index (χ4n) is 1.57. The lowest BCUT2D eigenvalue weighted by molar-refractivity contribution is -0.138. The molecule has 0 radical (unpaired) electrons. The van der Waals surface area contributed by atoms with Gasteiger partial charge in [0.25, 0.3) is 0 Å². The Kier molecular flexibility index (Phi) is 5.93. The Morgan fingerprint density at radius 3 is 2.12 bits per heavy atom. The van der Waals surface area contributed by atoms with Crippen molar-refractivity contribution in [1.29, 1.82) is 5.41 Å². The molecule has 0 aliphatic carbocycles. The minimum absolute atomic E-state index is 0.153. The summed E-state index contributed by atoms with van der Waals surface area (Å²) in [6.07, 6.45) is -5.07. The summed E-state index contributed by atoms with van der Waals surface area (Å²) >= 11 is 0. The van der Waals surface area contributed by atoms with Crippen LogP contribution in [-0.4, -0.2) is 37.5 Å². The fourth-order valence-corrected chi connectivity index (χ4v) is 1.57. The van der Waals surface area contributed by atoms with Crippen LogP contribution < -0.4 is 16.2 Å². The summed E-state index contributed by atoms with van der Waals surface area (Å²) in [6.45, 7) is -0.840. The first kappa shape index (κ1) is 19.0. The quantitative estimate of drug-likeness (QED) is 0.233. The molecule has 0 unspecified atom stereocenters. The monoisotopic (exact) mass is 345 g/mol. The van der Waals surface area contributed by atoms with E-state index in [1.807, 2.05) is 0 Å². The molecule has 1 aromatic carbocycles. The van der Waals surface area contributed by atoms with Gasteiger partial charge in [-0.2, -0.15) is 13.2 Å². The summed E-state index contributed by atoms with van der Waals surface area (Å²) in [7, 11) is 1.43. The van der Waals surface area contributed by atoms with E-state index in [-0.39, 0.29) is 5.56 Å². The molecule has 0 atom stereocenters. The predicted molar refractivity (Wildman–Crippen MR) is 77.5 cm³/mol. The SMILES string of the molecule is COc1ccc(C(=O)COC(=O)C(C(=N)N)=C(N)C(F)(F)F)cc1. The number of amidine groups is 1. The topological polar surface area (TPSA) is 128 Å². The highest BCUT2D eigenvalue weighted by molar-refractivity contribution is 6.18. The number of allylic oxidation sites excluding steroid dienone is 1. The molecule has 7 nitrogen and oxygen atoms in total. The molecule has 0 aliphatic rings. The van der Waals surface area contributed by atoms with E-state index in [0.717, 1.165) is 0 Å². The molecule has 0 heterocycles. The summed E-state index contributed by atoms with van der Waals surface area (Å²) in [5, 5.41) is 7.03. The predicted octanol–water partition coefficient (Wildman–Crippen LogP) is 1.13. The molecule has 1 aromatic rings.